The normalized spacial score (nSPS) is 12.8. The van der Waals surface area contributed by atoms with E-state index in [1.54, 1.807) is 6.08 Å². The van der Waals surface area contributed by atoms with Crippen LogP contribution in [-0.4, -0.2) is 40.7 Å². The van der Waals surface area contributed by atoms with Crippen LogP contribution in [0.4, 0.5) is 4.79 Å². The van der Waals surface area contributed by atoms with Crippen molar-refractivity contribution in [2.24, 2.45) is 0 Å². The number of aromatic carboxylic acids is 1. The van der Waals surface area contributed by atoms with Crippen molar-refractivity contribution in [1.29, 1.82) is 0 Å². The lowest BCUT2D eigenvalue weighted by Crippen LogP contribution is -2.46. The van der Waals surface area contributed by atoms with Gasteiger partial charge in [-0.05, 0) is 35.1 Å². The van der Waals surface area contributed by atoms with Crippen molar-refractivity contribution >= 4 is 18.0 Å². The maximum Gasteiger partial charge on any atom is 0.407 e. The maximum absolute atomic E-state index is 12.7. The Morgan fingerprint density at radius 3 is 2.40 bits per heavy atom. The highest BCUT2D eigenvalue weighted by atomic mass is 16.5. The molecule has 0 bridgehead atoms. The van der Waals surface area contributed by atoms with Crippen LogP contribution >= 0.6 is 0 Å². The van der Waals surface area contributed by atoms with Crippen LogP contribution in [0.25, 0.3) is 11.1 Å². The molecule has 4 rings (SSSR count). The second-order valence-corrected chi connectivity index (χ2v) is 8.04. The molecule has 3 aromatic rings. The van der Waals surface area contributed by atoms with Crippen LogP contribution < -0.4 is 10.6 Å². The number of carboxylic acid groups (broad SMARTS) is 1. The Morgan fingerprint density at radius 2 is 1.77 bits per heavy atom. The number of hydrogen-bond acceptors (Lipinski definition) is 6. The smallest absolute Gasteiger partial charge is 0.407 e. The van der Waals surface area contributed by atoms with Gasteiger partial charge in [-0.3, -0.25) is 4.79 Å². The van der Waals surface area contributed by atoms with Gasteiger partial charge in [-0.1, -0.05) is 54.6 Å². The van der Waals surface area contributed by atoms with Crippen LogP contribution in [0.3, 0.4) is 0 Å². The number of aromatic nitrogens is 1. The minimum Gasteiger partial charge on any atom is -0.476 e. The number of nitrogens with one attached hydrogen (secondary N) is 2. The van der Waals surface area contributed by atoms with E-state index in [1.165, 1.54) is 0 Å². The zero-order valence-electron chi connectivity index (χ0n) is 18.9. The molecular formula is C26H25N3O6. The fourth-order valence-electron chi connectivity index (χ4n) is 4.20. The number of ether oxygens (including phenoxy) is 1. The van der Waals surface area contributed by atoms with Gasteiger partial charge in [0, 0.05) is 5.92 Å². The maximum atomic E-state index is 12.7. The first kappa shape index (κ1) is 23.7. The van der Waals surface area contributed by atoms with Crippen LogP contribution in [0, 0.1) is 0 Å². The standard InChI is InChI=1S/C26H25N3O6/c1-2-3-12-21(24(30)27-13-22-23(25(31)32)28-15-35-22)29-26(33)34-14-20-18-10-6-4-8-16(18)17-9-5-7-11-19(17)20/h2,4-11,15,20-21H,1,3,12-14H2,(H,27,30)(H,29,33)(H,31,32). The van der Waals surface area contributed by atoms with E-state index in [4.69, 9.17) is 14.3 Å². The molecule has 0 saturated heterocycles. The summed E-state index contributed by atoms with van der Waals surface area (Å²) in [5, 5.41) is 14.3. The first-order chi connectivity index (χ1) is 17.0. The van der Waals surface area contributed by atoms with Crippen LogP contribution in [0.1, 0.15) is 46.1 Å². The van der Waals surface area contributed by atoms with E-state index in [9.17, 15) is 14.4 Å². The van der Waals surface area contributed by atoms with Gasteiger partial charge in [-0.15, -0.1) is 6.58 Å². The zero-order valence-corrected chi connectivity index (χ0v) is 18.9. The first-order valence-electron chi connectivity index (χ1n) is 11.1. The number of nitrogens with zero attached hydrogens (tertiary/aromatic N) is 1. The molecule has 9 nitrogen and oxygen atoms in total. The van der Waals surface area contributed by atoms with Gasteiger partial charge >= 0.3 is 12.1 Å². The summed E-state index contributed by atoms with van der Waals surface area (Å²) >= 11 is 0. The van der Waals surface area contributed by atoms with Crippen molar-refractivity contribution < 1.29 is 28.6 Å². The number of rotatable bonds is 10. The average molecular weight is 476 g/mol. The van der Waals surface area contributed by atoms with Crippen LogP contribution in [0.15, 0.2) is 72.0 Å². The molecule has 0 saturated carbocycles. The molecule has 1 aromatic heterocycles. The number of allylic oxidation sites excluding steroid dienone is 1. The van der Waals surface area contributed by atoms with Gasteiger partial charge < -0.3 is 24.9 Å². The molecule has 1 aliphatic carbocycles. The van der Waals surface area contributed by atoms with E-state index in [-0.39, 0.29) is 30.5 Å². The van der Waals surface area contributed by atoms with Crippen LogP contribution in [-0.2, 0) is 16.1 Å². The van der Waals surface area contributed by atoms with Crippen molar-refractivity contribution in [1.82, 2.24) is 15.6 Å². The molecule has 9 heteroatoms. The largest absolute Gasteiger partial charge is 0.476 e. The molecular weight excluding hydrogens is 450 g/mol. The molecule has 0 fully saturated rings. The van der Waals surface area contributed by atoms with Crippen molar-refractivity contribution in [3.05, 3.63) is 90.2 Å². The lowest BCUT2D eigenvalue weighted by Gasteiger charge is -2.19. The molecule has 35 heavy (non-hydrogen) atoms. The molecule has 3 N–H and O–H groups in total. The molecule has 1 atom stereocenters. The lowest BCUT2D eigenvalue weighted by atomic mass is 9.98. The summed E-state index contributed by atoms with van der Waals surface area (Å²) in [5.74, 6) is -1.86. The first-order valence-corrected chi connectivity index (χ1v) is 11.1. The Hall–Kier alpha value is -4.40. The number of oxazole rings is 1. The lowest BCUT2D eigenvalue weighted by molar-refractivity contribution is -0.123. The van der Waals surface area contributed by atoms with Crippen molar-refractivity contribution in [3.63, 3.8) is 0 Å². The second-order valence-electron chi connectivity index (χ2n) is 8.04. The summed E-state index contributed by atoms with van der Waals surface area (Å²) in [5.41, 5.74) is 4.13. The van der Waals surface area contributed by atoms with E-state index in [0.29, 0.717) is 12.8 Å². The van der Waals surface area contributed by atoms with Gasteiger partial charge in [0.2, 0.25) is 5.91 Å². The molecule has 1 heterocycles. The van der Waals surface area contributed by atoms with Gasteiger partial charge in [-0.25, -0.2) is 14.6 Å². The number of carbonyl (C=O) groups is 3. The fraction of sp³-hybridized carbons (Fsp3) is 0.231. The molecule has 1 aliphatic rings. The van der Waals surface area contributed by atoms with Gasteiger partial charge in [0.05, 0.1) is 6.54 Å². The SMILES string of the molecule is C=CCCC(NC(=O)OCC1c2ccccc2-c2ccccc21)C(=O)NCc1ocnc1C(=O)O. The van der Waals surface area contributed by atoms with E-state index in [1.807, 2.05) is 48.5 Å². The number of amides is 2. The van der Waals surface area contributed by atoms with Gasteiger partial charge in [0.25, 0.3) is 0 Å². The second kappa shape index (κ2) is 10.7. The number of hydrogen-bond donors (Lipinski definition) is 3. The summed E-state index contributed by atoms with van der Waals surface area (Å²) < 4.78 is 10.6. The van der Waals surface area contributed by atoms with Crippen molar-refractivity contribution in [3.8, 4) is 11.1 Å². The third-order valence-corrected chi connectivity index (χ3v) is 5.88. The topological polar surface area (TPSA) is 131 Å². The molecule has 2 aromatic carbocycles. The van der Waals surface area contributed by atoms with Crippen molar-refractivity contribution in [2.45, 2.75) is 31.3 Å². The third-order valence-electron chi connectivity index (χ3n) is 5.88. The van der Waals surface area contributed by atoms with E-state index >= 15 is 0 Å². The molecule has 2 amide bonds. The summed E-state index contributed by atoms with van der Waals surface area (Å²) in [7, 11) is 0. The fourth-order valence-corrected chi connectivity index (χ4v) is 4.20. The molecule has 0 aliphatic heterocycles. The summed E-state index contributed by atoms with van der Waals surface area (Å²) in [6.45, 7) is 3.59. The molecule has 0 radical (unpaired) electrons. The highest BCUT2D eigenvalue weighted by Gasteiger charge is 2.30. The number of carbonyl (C=O) groups excluding carboxylic acids is 2. The number of benzene rings is 2. The highest BCUT2D eigenvalue weighted by molar-refractivity contribution is 5.87. The summed E-state index contributed by atoms with van der Waals surface area (Å²) in [4.78, 5) is 40.1. The van der Waals surface area contributed by atoms with Crippen LogP contribution in [0.2, 0.25) is 0 Å². The monoisotopic (exact) mass is 475 g/mol. The van der Waals surface area contributed by atoms with Crippen LogP contribution in [0.5, 0.6) is 0 Å². The minimum absolute atomic E-state index is 0.00876. The molecule has 0 spiro atoms. The predicted molar refractivity (Wildman–Crippen MR) is 127 cm³/mol. The quantitative estimate of drug-likeness (QED) is 0.380. The Labute approximate surface area is 201 Å². The van der Waals surface area contributed by atoms with E-state index < -0.39 is 24.0 Å². The highest BCUT2D eigenvalue weighted by Crippen LogP contribution is 2.44. The van der Waals surface area contributed by atoms with Gasteiger partial charge in [0.1, 0.15) is 12.6 Å². The Balaban J connectivity index is 1.38. The number of carboxylic acids is 1. The minimum atomic E-state index is -1.26. The Kier molecular flexibility index (Phi) is 7.25. The predicted octanol–water partition coefficient (Wildman–Crippen LogP) is 3.86. The molecule has 1 unspecified atom stereocenters. The summed E-state index contributed by atoms with van der Waals surface area (Å²) in [6, 6.07) is 15.1. The van der Waals surface area contributed by atoms with Gasteiger partial charge in [0.15, 0.2) is 17.8 Å². The average Bonchev–Trinajstić information content (AvgIpc) is 3.47. The number of fused-ring (bicyclic) bond motifs is 3. The number of alkyl carbamates (subject to hydrolysis) is 1. The Bertz CT molecular complexity index is 1210. The summed E-state index contributed by atoms with van der Waals surface area (Å²) in [6.07, 6.45) is 2.68. The molecule has 180 valence electrons. The van der Waals surface area contributed by atoms with Gasteiger partial charge in [-0.2, -0.15) is 0 Å². The van der Waals surface area contributed by atoms with Crippen molar-refractivity contribution in [2.75, 3.05) is 6.61 Å². The van der Waals surface area contributed by atoms with E-state index in [0.717, 1.165) is 28.6 Å². The zero-order chi connectivity index (χ0) is 24.8. The third kappa shape index (κ3) is 5.24. The Morgan fingerprint density at radius 1 is 1.11 bits per heavy atom. The van der Waals surface area contributed by atoms with E-state index in [2.05, 4.69) is 22.2 Å².